The fraction of sp³-hybridized carbons (Fsp3) is 0.593. The molecule has 210 valence electrons. The van der Waals surface area contributed by atoms with E-state index in [2.05, 4.69) is 15.5 Å². The van der Waals surface area contributed by atoms with Crippen LogP contribution in [0.25, 0.3) is 0 Å². The first-order valence-corrected chi connectivity index (χ1v) is 13.2. The zero-order valence-corrected chi connectivity index (χ0v) is 23.3. The van der Waals surface area contributed by atoms with Crippen LogP contribution in [-0.2, 0) is 9.53 Å². The fourth-order valence-electron chi connectivity index (χ4n) is 4.82. The maximum atomic E-state index is 13.4. The van der Waals surface area contributed by atoms with Crippen LogP contribution >= 0.6 is 0 Å². The number of hydrogen-bond acceptors (Lipinski definition) is 7. The van der Waals surface area contributed by atoms with Crippen molar-refractivity contribution < 1.29 is 28.6 Å². The normalized spacial score (nSPS) is 18.7. The van der Waals surface area contributed by atoms with Crippen LogP contribution < -0.4 is 20.1 Å². The first-order chi connectivity index (χ1) is 18.2. The van der Waals surface area contributed by atoms with Crippen molar-refractivity contribution in [3.63, 3.8) is 0 Å². The van der Waals surface area contributed by atoms with E-state index in [4.69, 9.17) is 14.2 Å². The molecule has 0 saturated carbocycles. The Morgan fingerprint density at radius 1 is 1.08 bits per heavy atom. The zero-order valence-electron chi connectivity index (χ0n) is 23.3. The Kier molecular flexibility index (Phi) is 10.2. The molecule has 3 rings (SSSR count). The molecule has 1 saturated heterocycles. The SMILES string of the molecule is CCOC(=O)C1=C(CN2CCCN(C(=O)NC(C)C)CC2)N(CC)C(=O)N[C@@H]1c1ccc(OC)c(OC)c1. The molecule has 1 aromatic rings. The molecule has 2 aliphatic heterocycles. The molecule has 0 aliphatic carbocycles. The molecule has 38 heavy (non-hydrogen) atoms. The number of nitrogens with one attached hydrogen (secondary N) is 2. The molecule has 0 unspecified atom stereocenters. The van der Waals surface area contributed by atoms with Gasteiger partial charge in [0, 0.05) is 51.0 Å². The smallest absolute Gasteiger partial charge is 0.338 e. The third-order valence-electron chi connectivity index (χ3n) is 6.65. The lowest BCUT2D eigenvalue weighted by Gasteiger charge is -2.38. The summed E-state index contributed by atoms with van der Waals surface area (Å²) in [7, 11) is 3.09. The summed E-state index contributed by atoms with van der Waals surface area (Å²) in [6.07, 6.45) is 0.783. The molecule has 0 radical (unpaired) electrons. The number of likely N-dealkylation sites (N-methyl/N-ethyl adjacent to an activating group) is 1. The van der Waals surface area contributed by atoms with Crippen LogP contribution in [0.4, 0.5) is 9.59 Å². The average molecular weight is 532 g/mol. The molecule has 11 nitrogen and oxygen atoms in total. The van der Waals surface area contributed by atoms with Gasteiger partial charge in [-0.1, -0.05) is 6.07 Å². The van der Waals surface area contributed by atoms with Crippen molar-refractivity contribution in [2.45, 2.75) is 46.2 Å². The summed E-state index contributed by atoms with van der Waals surface area (Å²) in [5, 5.41) is 5.94. The van der Waals surface area contributed by atoms with Crippen LogP contribution in [0.15, 0.2) is 29.5 Å². The van der Waals surface area contributed by atoms with Gasteiger partial charge >= 0.3 is 18.0 Å². The van der Waals surface area contributed by atoms with Crippen molar-refractivity contribution in [1.82, 2.24) is 25.3 Å². The number of amides is 4. The highest BCUT2D eigenvalue weighted by molar-refractivity contribution is 5.95. The molecule has 1 fully saturated rings. The topological polar surface area (TPSA) is 113 Å². The molecule has 11 heteroatoms. The molecule has 4 amide bonds. The van der Waals surface area contributed by atoms with Crippen molar-refractivity contribution in [1.29, 1.82) is 0 Å². The van der Waals surface area contributed by atoms with E-state index in [1.54, 1.807) is 31.1 Å². The van der Waals surface area contributed by atoms with Crippen LogP contribution in [0.2, 0.25) is 0 Å². The van der Waals surface area contributed by atoms with E-state index in [1.807, 2.05) is 31.7 Å². The number of benzene rings is 1. The Morgan fingerprint density at radius 2 is 1.82 bits per heavy atom. The molecular weight excluding hydrogens is 490 g/mol. The minimum Gasteiger partial charge on any atom is -0.493 e. The van der Waals surface area contributed by atoms with E-state index >= 15 is 0 Å². The van der Waals surface area contributed by atoms with Crippen molar-refractivity contribution in [3.05, 3.63) is 35.0 Å². The van der Waals surface area contributed by atoms with Gasteiger partial charge in [0.05, 0.1) is 32.4 Å². The first-order valence-electron chi connectivity index (χ1n) is 13.2. The van der Waals surface area contributed by atoms with Crippen molar-refractivity contribution in [2.24, 2.45) is 0 Å². The van der Waals surface area contributed by atoms with Crippen molar-refractivity contribution in [2.75, 3.05) is 60.1 Å². The van der Waals surface area contributed by atoms with Crippen LogP contribution in [0, 0.1) is 0 Å². The summed E-state index contributed by atoms with van der Waals surface area (Å²) in [6, 6.07) is 4.30. The largest absolute Gasteiger partial charge is 0.493 e. The average Bonchev–Trinajstić information content (AvgIpc) is 3.13. The molecular formula is C27H41N5O6. The van der Waals surface area contributed by atoms with Crippen LogP contribution in [0.1, 0.15) is 45.7 Å². The molecule has 0 aromatic heterocycles. The van der Waals surface area contributed by atoms with E-state index in [0.29, 0.717) is 61.1 Å². The quantitative estimate of drug-likeness (QED) is 0.471. The maximum Gasteiger partial charge on any atom is 0.338 e. The highest BCUT2D eigenvalue weighted by Crippen LogP contribution is 2.36. The van der Waals surface area contributed by atoms with Crippen LogP contribution in [0.5, 0.6) is 11.5 Å². The Morgan fingerprint density at radius 3 is 2.45 bits per heavy atom. The second-order valence-electron chi connectivity index (χ2n) is 9.54. The lowest BCUT2D eigenvalue weighted by molar-refractivity contribution is -0.139. The lowest BCUT2D eigenvalue weighted by Crippen LogP contribution is -2.51. The fourth-order valence-corrected chi connectivity index (χ4v) is 4.82. The highest BCUT2D eigenvalue weighted by atomic mass is 16.5. The number of methoxy groups -OCH3 is 2. The van der Waals surface area contributed by atoms with E-state index in [-0.39, 0.29) is 24.7 Å². The van der Waals surface area contributed by atoms with Crippen molar-refractivity contribution in [3.8, 4) is 11.5 Å². The molecule has 2 heterocycles. The van der Waals surface area contributed by atoms with Crippen LogP contribution in [-0.4, -0.2) is 98.9 Å². The number of carbonyl (C=O) groups is 3. The van der Waals surface area contributed by atoms with Gasteiger partial charge in [-0.15, -0.1) is 0 Å². The van der Waals surface area contributed by atoms with E-state index in [9.17, 15) is 14.4 Å². The summed E-state index contributed by atoms with van der Waals surface area (Å²) in [6.45, 7) is 11.0. The minimum absolute atomic E-state index is 0.0616. The van der Waals surface area contributed by atoms with E-state index in [0.717, 1.165) is 13.0 Å². The van der Waals surface area contributed by atoms with Gasteiger partial charge in [-0.05, 0) is 51.8 Å². The van der Waals surface area contributed by atoms with Gasteiger partial charge in [-0.25, -0.2) is 14.4 Å². The first kappa shape index (κ1) is 29.1. The van der Waals surface area contributed by atoms with Crippen LogP contribution in [0.3, 0.4) is 0 Å². The highest BCUT2D eigenvalue weighted by Gasteiger charge is 2.38. The third kappa shape index (κ3) is 6.69. The minimum atomic E-state index is -0.723. The Balaban J connectivity index is 1.98. The predicted molar refractivity (Wildman–Crippen MR) is 143 cm³/mol. The maximum absolute atomic E-state index is 13.4. The lowest BCUT2D eigenvalue weighted by atomic mass is 9.93. The number of carbonyl (C=O) groups excluding carboxylic acids is 3. The number of nitrogens with zero attached hydrogens (tertiary/aromatic N) is 3. The second kappa shape index (κ2) is 13.4. The second-order valence-corrected chi connectivity index (χ2v) is 9.54. The molecule has 0 bridgehead atoms. The third-order valence-corrected chi connectivity index (χ3v) is 6.65. The zero-order chi connectivity index (χ0) is 27.8. The van der Waals surface area contributed by atoms with Gasteiger partial charge in [0.2, 0.25) is 0 Å². The molecule has 0 spiro atoms. The van der Waals surface area contributed by atoms with Gasteiger partial charge in [0.15, 0.2) is 11.5 Å². The standard InChI is InChI=1S/C27H41N5O6/c1-7-32-20(17-30-12-9-13-31(15-14-30)26(34)28-18(3)4)23(25(33)38-8-2)24(29-27(32)35)19-10-11-21(36-5)22(16-19)37-6/h10-11,16,18,24H,7-9,12-15,17H2,1-6H3,(H,28,34)(H,29,35)/t24-/m1/s1. The molecule has 2 N–H and O–H groups in total. The Labute approximate surface area is 225 Å². The number of ether oxygens (including phenoxy) is 3. The number of esters is 1. The van der Waals surface area contributed by atoms with Gasteiger partial charge in [-0.2, -0.15) is 0 Å². The van der Waals surface area contributed by atoms with Gasteiger partial charge in [0.25, 0.3) is 0 Å². The predicted octanol–water partition coefficient (Wildman–Crippen LogP) is 2.73. The monoisotopic (exact) mass is 531 g/mol. The summed E-state index contributed by atoms with van der Waals surface area (Å²) in [5.74, 6) is 0.564. The summed E-state index contributed by atoms with van der Waals surface area (Å²) >= 11 is 0. The van der Waals surface area contributed by atoms with Gasteiger partial charge < -0.3 is 29.7 Å². The summed E-state index contributed by atoms with van der Waals surface area (Å²) in [5.41, 5.74) is 1.67. The van der Waals surface area contributed by atoms with Crippen molar-refractivity contribution >= 4 is 18.0 Å². The summed E-state index contributed by atoms with van der Waals surface area (Å²) in [4.78, 5) is 44.8. The number of rotatable bonds is 9. The van der Waals surface area contributed by atoms with E-state index in [1.165, 1.54) is 7.11 Å². The molecule has 1 atom stereocenters. The number of hydrogen-bond donors (Lipinski definition) is 2. The summed E-state index contributed by atoms with van der Waals surface area (Å²) < 4.78 is 16.3. The number of urea groups is 2. The Bertz CT molecular complexity index is 1040. The van der Waals surface area contributed by atoms with E-state index < -0.39 is 12.0 Å². The molecule has 2 aliphatic rings. The molecule has 1 aromatic carbocycles. The Hall–Kier alpha value is -3.47. The van der Waals surface area contributed by atoms with Gasteiger partial charge in [0.1, 0.15) is 0 Å². The van der Waals surface area contributed by atoms with Gasteiger partial charge in [-0.3, -0.25) is 9.80 Å².